The summed E-state index contributed by atoms with van der Waals surface area (Å²) < 4.78 is 5.17. The van der Waals surface area contributed by atoms with E-state index in [1.807, 2.05) is 0 Å². The van der Waals surface area contributed by atoms with E-state index in [0.29, 0.717) is 17.9 Å². The van der Waals surface area contributed by atoms with Crippen molar-refractivity contribution in [2.24, 2.45) is 5.92 Å². The van der Waals surface area contributed by atoms with Crippen LogP contribution in [-0.2, 0) is 4.74 Å². The van der Waals surface area contributed by atoms with Crippen LogP contribution in [0.5, 0.6) is 0 Å². The molecule has 0 saturated carbocycles. The minimum atomic E-state index is 0.336. The highest BCUT2D eigenvalue weighted by atomic mass is 35.5. The second kappa shape index (κ2) is 5.07. The topological polar surface area (TPSA) is 9.23 Å². The van der Waals surface area contributed by atoms with Crippen LogP contribution in [0.2, 0.25) is 0 Å². The summed E-state index contributed by atoms with van der Waals surface area (Å²) in [6.45, 7) is 4.28. The Hall–Kier alpha value is 0.250. The van der Waals surface area contributed by atoms with Gasteiger partial charge in [-0.25, -0.2) is 0 Å². The van der Waals surface area contributed by atoms with Gasteiger partial charge >= 0.3 is 0 Å². The Morgan fingerprint density at radius 2 is 2.00 bits per heavy atom. The van der Waals surface area contributed by atoms with Crippen molar-refractivity contribution in [2.75, 3.05) is 13.0 Å². The molecule has 1 atom stereocenters. The maximum Gasteiger partial charge on any atom is 0.0605 e. The van der Waals surface area contributed by atoms with Crippen LogP contribution in [0.4, 0.5) is 0 Å². The number of hydrogen-bond acceptors (Lipinski definition) is 1. The van der Waals surface area contributed by atoms with E-state index in [1.165, 1.54) is 0 Å². The predicted molar refractivity (Wildman–Crippen MR) is 41.0 cm³/mol. The molecule has 2 heteroatoms. The Labute approximate surface area is 62.3 Å². The van der Waals surface area contributed by atoms with Crippen LogP contribution in [0.1, 0.15) is 20.3 Å². The molecule has 1 nitrogen and oxygen atoms in total. The van der Waals surface area contributed by atoms with Crippen molar-refractivity contribution < 1.29 is 4.74 Å². The van der Waals surface area contributed by atoms with E-state index in [2.05, 4.69) is 13.8 Å². The Balaban J connectivity index is 3.41. The van der Waals surface area contributed by atoms with Crippen LogP contribution in [0.15, 0.2) is 0 Å². The lowest BCUT2D eigenvalue weighted by atomic mass is 10.1. The van der Waals surface area contributed by atoms with E-state index < -0.39 is 0 Å². The van der Waals surface area contributed by atoms with Crippen molar-refractivity contribution in [3.63, 3.8) is 0 Å². The first-order chi connectivity index (χ1) is 4.22. The first kappa shape index (κ1) is 9.25. The molecule has 0 bridgehead atoms. The summed E-state index contributed by atoms with van der Waals surface area (Å²) >= 11 is 5.54. The number of halogens is 1. The van der Waals surface area contributed by atoms with Crippen molar-refractivity contribution >= 4 is 11.6 Å². The van der Waals surface area contributed by atoms with Crippen molar-refractivity contribution in [1.82, 2.24) is 0 Å². The first-order valence-electron chi connectivity index (χ1n) is 3.31. The molecule has 0 aromatic carbocycles. The van der Waals surface area contributed by atoms with Gasteiger partial charge in [0.2, 0.25) is 0 Å². The van der Waals surface area contributed by atoms with Gasteiger partial charge in [0.15, 0.2) is 0 Å². The molecule has 0 saturated heterocycles. The summed E-state index contributed by atoms with van der Waals surface area (Å²) in [4.78, 5) is 0. The summed E-state index contributed by atoms with van der Waals surface area (Å²) in [5.41, 5.74) is 0. The fourth-order valence-electron chi connectivity index (χ4n) is 0.831. The zero-order chi connectivity index (χ0) is 7.28. The third-order valence-electron chi connectivity index (χ3n) is 1.44. The molecule has 0 aromatic rings. The average Bonchev–Trinajstić information content (AvgIpc) is 1.82. The fourth-order valence-corrected chi connectivity index (χ4v) is 1.05. The van der Waals surface area contributed by atoms with E-state index in [-0.39, 0.29) is 0 Å². The van der Waals surface area contributed by atoms with Crippen molar-refractivity contribution in [3.05, 3.63) is 0 Å². The average molecular weight is 151 g/mol. The number of alkyl halides is 1. The molecule has 1 unspecified atom stereocenters. The molecule has 0 aromatic heterocycles. The number of rotatable bonds is 4. The van der Waals surface area contributed by atoms with Crippen molar-refractivity contribution in [3.8, 4) is 0 Å². The van der Waals surface area contributed by atoms with Gasteiger partial charge in [-0.1, -0.05) is 13.8 Å². The zero-order valence-corrected chi connectivity index (χ0v) is 7.11. The van der Waals surface area contributed by atoms with Gasteiger partial charge in [-0.05, 0) is 12.3 Å². The largest absolute Gasteiger partial charge is 0.381 e. The lowest BCUT2D eigenvalue weighted by Crippen LogP contribution is -2.18. The molecule has 0 radical (unpaired) electrons. The van der Waals surface area contributed by atoms with Crippen LogP contribution in [0, 0.1) is 5.92 Å². The smallest absolute Gasteiger partial charge is 0.0605 e. The molecule has 0 N–H and O–H groups in total. The van der Waals surface area contributed by atoms with E-state index in [1.54, 1.807) is 7.11 Å². The molecule has 56 valence electrons. The Kier molecular flexibility index (Phi) is 5.21. The summed E-state index contributed by atoms with van der Waals surface area (Å²) in [5, 5.41) is 0. The van der Waals surface area contributed by atoms with E-state index >= 15 is 0 Å². The molecular formula is C7H15ClO. The second-order valence-corrected chi connectivity index (χ2v) is 2.87. The van der Waals surface area contributed by atoms with Gasteiger partial charge in [0, 0.05) is 13.0 Å². The monoisotopic (exact) mass is 150 g/mol. The van der Waals surface area contributed by atoms with E-state index in [4.69, 9.17) is 16.3 Å². The van der Waals surface area contributed by atoms with Gasteiger partial charge in [-0.2, -0.15) is 0 Å². The second-order valence-electron chi connectivity index (χ2n) is 2.50. The zero-order valence-electron chi connectivity index (χ0n) is 6.36. The predicted octanol–water partition coefficient (Wildman–Crippen LogP) is 2.29. The third-order valence-corrected chi connectivity index (χ3v) is 1.66. The van der Waals surface area contributed by atoms with Gasteiger partial charge in [0.1, 0.15) is 0 Å². The van der Waals surface area contributed by atoms with Crippen LogP contribution in [-0.4, -0.2) is 19.1 Å². The van der Waals surface area contributed by atoms with E-state index in [9.17, 15) is 0 Å². The summed E-state index contributed by atoms with van der Waals surface area (Å²) in [5.74, 6) is 1.27. The maximum absolute atomic E-state index is 5.54. The normalized spacial score (nSPS) is 14.3. The molecule has 0 rings (SSSR count). The van der Waals surface area contributed by atoms with Gasteiger partial charge in [0.25, 0.3) is 0 Å². The van der Waals surface area contributed by atoms with Crippen LogP contribution >= 0.6 is 11.6 Å². The molecular weight excluding hydrogens is 136 g/mol. The van der Waals surface area contributed by atoms with Gasteiger partial charge in [-0.3, -0.25) is 0 Å². The first-order valence-corrected chi connectivity index (χ1v) is 3.84. The van der Waals surface area contributed by atoms with Crippen molar-refractivity contribution in [2.45, 2.75) is 26.4 Å². The highest BCUT2D eigenvalue weighted by Gasteiger charge is 2.09. The Morgan fingerprint density at radius 1 is 1.44 bits per heavy atom. The molecule has 0 heterocycles. The number of hydrogen-bond donors (Lipinski definition) is 0. The molecule has 0 aliphatic heterocycles. The molecule has 0 spiro atoms. The Bertz CT molecular complexity index is 63.9. The molecule has 0 aliphatic rings. The highest BCUT2D eigenvalue weighted by molar-refractivity contribution is 6.17. The van der Waals surface area contributed by atoms with E-state index in [0.717, 1.165) is 6.42 Å². The standard InChI is InChI=1S/C7H15ClO/c1-6(2)7(9-3)4-5-8/h6-7H,4-5H2,1-3H3. The summed E-state index contributed by atoms with van der Waals surface area (Å²) in [6.07, 6.45) is 1.29. The lowest BCUT2D eigenvalue weighted by molar-refractivity contribution is 0.0628. The maximum atomic E-state index is 5.54. The number of ether oxygens (including phenoxy) is 1. The Morgan fingerprint density at radius 3 is 2.11 bits per heavy atom. The molecule has 0 amide bonds. The quantitative estimate of drug-likeness (QED) is 0.559. The van der Waals surface area contributed by atoms with Crippen molar-refractivity contribution in [1.29, 1.82) is 0 Å². The molecule has 9 heavy (non-hydrogen) atoms. The van der Waals surface area contributed by atoms with Crippen LogP contribution < -0.4 is 0 Å². The third kappa shape index (κ3) is 3.77. The highest BCUT2D eigenvalue weighted by Crippen LogP contribution is 2.09. The lowest BCUT2D eigenvalue weighted by Gasteiger charge is -2.16. The fraction of sp³-hybridized carbons (Fsp3) is 1.00. The molecule has 0 fully saturated rings. The van der Waals surface area contributed by atoms with Gasteiger partial charge in [-0.15, -0.1) is 11.6 Å². The van der Waals surface area contributed by atoms with Crippen LogP contribution in [0.3, 0.4) is 0 Å². The molecule has 0 aliphatic carbocycles. The van der Waals surface area contributed by atoms with Crippen LogP contribution in [0.25, 0.3) is 0 Å². The minimum absolute atomic E-state index is 0.336. The van der Waals surface area contributed by atoms with Gasteiger partial charge in [0.05, 0.1) is 6.10 Å². The summed E-state index contributed by atoms with van der Waals surface area (Å²) in [6, 6.07) is 0. The summed E-state index contributed by atoms with van der Waals surface area (Å²) in [7, 11) is 1.73. The number of methoxy groups -OCH3 is 1. The van der Waals surface area contributed by atoms with Gasteiger partial charge < -0.3 is 4.74 Å². The SMILES string of the molecule is COC(CCCl)C(C)C. The minimum Gasteiger partial charge on any atom is -0.381 e.